The molecule has 2 atom stereocenters. The first-order valence-corrected chi connectivity index (χ1v) is 8.92. The number of piperidine rings is 1. The number of nitrogens with zero attached hydrogens (tertiary/aromatic N) is 2. The molecular formula is C18H22N2O2S. The molecule has 1 fully saturated rings. The number of likely N-dealkylation sites (tertiary alicyclic amines) is 1. The first-order valence-electron chi connectivity index (χ1n) is 8.04. The van der Waals surface area contributed by atoms with E-state index in [1.807, 2.05) is 41.5 Å². The summed E-state index contributed by atoms with van der Waals surface area (Å²) in [7, 11) is 0. The molecule has 1 aromatic heterocycles. The lowest BCUT2D eigenvalue weighted by Crippen LogP contribution is -2.49. The molecule has 2 aromatic rings. The second-order valence-corrected chi connectivity index (χ2v) is 7.10. The van der Waals surface area contributed by atoms with E-state index >= 15 is 0 Å². The maximum Gasteiger partial charge on any atom is 0.254 e. The van der Waals surface area contributed by atoms with Gasteiger partial charge in [0.1, 0.15) is 5.01 Å². The van der Waals surface area contributed by atoms with Gasteiger partial charge in [-0.3, -0.25) is 4.79 Å². The number of benzene rings is 1. The summed E-state index contributed by atoms with van der Waals surface area (Å²) in [4.78, 5) is 19.2. The highest BCUT2D eigenvalue weighted by Crippen LogP contribution is 2.27. The largest absolute Gasteiger partial charge is 0.394 e. The van der Waals surface area contributed by atoms with Gasteiger partial charge in [-0.05, 0) is 37.8 Å². The molecule has 122 valence electrons. The number of thiazole rings is 1. The molecule has 1 N–H and O–H groups in total. The number of aromatic nitrogens is 1. The zero-order chi connectivity index (χ0) is 16.4. The van der Waals surface area contributed by atoms with Crippen LogP contribution >= 0.6 is 11.3 Å². The summed E-state index contributed by atoms with van der Waals surface area (Å²) in [6.07, 6.45) is 2.06. The minimum Gasteiger partial charge on any atom is -0.394 e. The molecular weight excluding hydrogens is 308 g/mol. The Morgan fingerprint density at radius 1 is 1.48 bits per heavy atom. The molecule has 1 aliphatic rings. The van der Waals surface area contributed by atoms with Gasteiger partial charge in [0.25, 0.3) is 5.91 Å². The van der Waals surface area contributed by atoms with E-state index in [4.69, 9.17) is 0 Å². The molecule has 5 heteroatoms. The van der Waals surface area contributed by atoms with E-state index in [9.17, 15) is 9.90 Å². The quantitative estimate of drug-likeness (QED) is 0.939. The van der Waals surface area contributed by atoms with Gasteiger partial charge in [0.05, 0.1) is 12.6 Å². The lowest BCUT2D eigenvalue weighted by Gasteiger charge is -2.39. The third-order valence-corrected chi connectivity index (χ3v) is 5.55. The van der Waals surface area contributed by atoms with Gasteiger partial charge >= 0.3 is 0 Å². The average molecular weight is 330 g/mol. The van der Waals surface area contributed by atoms with E-state index in [1.165, 1.54) is 0 Å². The van der Waals surface area contributed by atoms with Crippen LogP contribution in [0.1, 0.15) is 35.8 Å². The molecule has 2 heterocycles. The van der Waals surface area contributed by atoms with Crippen molar-refractivity contribution in [1.29, 1.82) is 0 Å². The highest BCUT2D eigenvalue weighted by molar-refractivity contribution is 7.13. The maximum atomic E-state index is 12.9. The van der Waals surface area contributed by atoms with Crippen LogP contribution in [0, 0.1) is 12.8 Å². The molecule has 0 spiro atoms. The van der Waals surface area contributed by atoms with E-state index in [0.717, 1.165) is 35.7 Å². The summed E-state index contributed by atoms with van der Waals surface area (Å²) >= 11 is 1.59. The Bertz CT molecular complexity index is 698. The monoisotopic (exact) mass is 330 g/mol. The maximum absolute atomic E-state index is 12.9. The minimum atomic E-state index is -0.0815. The number of aliphatic hydroxyl groups is 1. The highest BCUT2D eigenvalue weighted by Gasteiger charge is 2.31. The standard InChI is InChI=1S/C18H22N2O2S/c1-12-5-4-8-20(16(12)10-21)18(22)15-7-3-6-14(9-15)17-19-13(2)11-23-17/h3,6-7,9,11-12,16,21H,4-5,8,10H2,1-2H3. The Morgan fingerprint density at radius 2 is 2.30 bits per heavy atom. The normalized spacial score (nSPS) is 21.4. The number of hydrogen-bond donors (Lipinski definition) is 1. The van der Waals surface area contributed by atoms with Crippen LogP contribution in [0.5, 0.6) is 0 Å². The predicted octanol–water partition coefficient (Wildman–Crippen LogP) is 3.35. The van der Waals surface area contributed by atoms with E-state index < -0.39 is 0 Å². The number of aliphatic hydroxyl groups excluding tert-OH is 1. The minimum absolute atomic E-state index is 0.00530. The fourth-order valence-electron chi connectivity index (χ4n) is 3.22. The third-order valence-electron chi connectivity index (χ3n) is 4.54. The van der Waals surface area contributed by atoms with Crippen molar-refractivity contribution >= 4 is 17.2 Å². The predicted molar refractivity (Wildman–Crippen MR) is 92.6 cm³/mol. The van der Waals surface area contributed by atoms with Crippen LogP contribution < -0.4 is 0 Å². The molecule has 0 saturated carbocycles. The van der Waals surface area contributed by atoms with Crippen LogP contribution in [0.4, 0.5) is 0 Å². The lowest BCUT2D eigenvalue weighted by atomic mass is 9.90. The van der Waals surface area contributed by atoms with Crippen molar-refractivity contribution in [1.82, 2.24) is 9.88 Å². The number of carbonyl (C=O) groups excluding carboxylic acids is 1. The fourth-order valence-corrected chi connectivity index (χ4v) is 4.01. The molecule has 1 amide bonds. The summed E-state index contributed by atoms with van der Waals surface area (Å²) in [6.45, 7) is 4.82. The van der Waals surface area contributed by atoms with Gasteiger partial charge in [-0.2, -0.15) is 0 Å². The molecule has 0 bridgehead atoms. The number of amides is 1. The molecule has 0 radical (unpaired) electrons. The SMILES string of the molecule is Cc1csc(-c2cccc(C(=O)N3CCCC(C)C3CO)c2)n1. The van der Waals surface area contributed by atoms with Crippen LogP contribution in [-0.4, -0.2) is 40.1 Å². The molecule has 1 aliphatic heterocycles. The van der Waals surface area contributed by atoms with Gasteiger partial charge in [-0.1, -0.05) is 19.1 Å². The molecule has 4 nitrogen and oxygen atoms in total. The highest BCUT2D eigenvalue weighted by atomic mass is 32.1. The van der Waals surface area contributed by atoms with Crippen molar-refractivity contribution in [2.45, 2.75) is 32.7 Å². The van der Waals surface area contributed by atoms with Gasteiger partial charge in [0.15, 0.2) is 0 Å². The van der Waals surface area contributed by atoms with Crippen molar-refractivity contribution in [3.8, 4) is 10.6 Å². The van der Waals surface area contributed by atoms with Crippen LogP contribution in [-0.2, 0) is 0 Å². The molecule has 23 heavy (non-hydrogen) atoms. The first-order chi connectivity index (χ1) is 11.1. The molecule has 3 rings (SSSR count). The van der Waals surface area contributed by atoms with Crippen molar-refractivity contribution in [3.63, 3.8) is 0 Å². The lowest BCUT2D eigenvalue weighted by molar-refractivity contribution is 0.0358. The van der Waals surface area contributed by atoms with Crippen molar-refractivity contribution in [2.75, 3.05) is 13.2 Å². The van der Waals surface area contributed by atoms with Gasteiger partial charge in [-0.25, -0.2) is 4.98 Å². The first kappa shape index (κ1) is 16.1. The van der Waals surface area contributed by atoms with Crippen LogP contribution in [0.15, 0.2) is 29.6 Å². The van der Waals surface area contributed by atoms with Crippen molar-refractivity contribution in [2.24, 2.45) is 5.92 Å². The average Bonchev–Trinajstić information content (AvgIpc) is 3.00. The summed E-state index contributed by atoms with van der Waals surface area (Å²) in [5.41, 5.74) is 2.63. The van der Waals surface area contributed by atoms with E-state index in [-0.39, 0.29) is 18.6 Å². The van der Waals surface area contributed by atoms with Gasteiger partial charge in [0, 0.05) is 28.7 Å². The fraction of sp³-hybridized carbons (Fsp3) is 0.444. The van der Waals surface area contributed by atoms with Gasteiger partial charge < -0.3 is 10.0 Å². The Hall–Kier alpha value is -1.72. The summed E-state index contributed by atoms with van der Waals surface area (Å²) in [6, 6.07) is 7.56. The zero-order valence-electron chi connectivity index (χ0n) is 13.5. The number of carbonyl (C=O) groups is 1. The Balaban J connectivity index is 1.87. The molecule has 1 saturated heterocycles. The summed E-state index contributed by atoms with van der Waals surface area (Å²) < 4.78 is 0. The number of aryl methyl sites for hydroxylation is 1. The molecule has 2 unspecified atom stereocenters. The molecule has 1 aromatic carbocycles. The summed E-state index contributed by atoms with van der Waals surface area (Å²) in [5, 5.41) is 12.6. The number of rotatable bonds is 3. The summed E-state index contributed by atoms with van der Waals surface area (Å²) in [5.74, 6) is 0.341. The van der Waals surface area contributed by atoms with Gasteiger partial charge in [0.2, 0.25) is 0 Å². The number of hydrogen-bond acceptors (Lipinski definition) is 4. The van der Waals surface area contributed by atoms with E-state index in [2.05, 4.69) is 11.9 Å². The van der Waals surface area contributed by atoms with Crippen molar-refractivity contribution in [3.05, 3.63) is 40.9 Å². The zero-order valence-corrected chi connectivity index (χ0v) is 14.3. The van der Waals surface area contributed by atoms with Crippen molar-refractivity contribution < 1.29 is 9.90 Å². The van der Waals surface area contributed by atoms with Gasteiger partial charge in [-0.15, -0.1) is 11.3 Å². The topological polar surface area (TPSA) is 53.4 Å². The van der Waals surface area contributed by atoms with E-state index in [1.54, 1.807) is 11.3 Å². The Labute approximate surface area is 140 Å². The third kappa shape index (κ3) is 3.31. The second kappa shape index (κ2) is 6.81. The smallest absolute Gasteiger partial charge is 0.254 e. The van der Waals surface area contributed by atoms with Crippen LogP contribution in [0.25, 0.3) is 10.6 Å². The molecule has 0 aliphatic carbocycles. The Morgan fingerprint density at radius 3 is 3.00 bits per heavy atom. The van der Waals surface area contributed by atoms with Crippen LogP contribution in [0.3, 0.4) is 0 Å². The second-order valence-electron chi connectivity index (χ2n) is 6.24. The van der Waals surface area contributed by atoms with Crippen LogP contribution in [0.2, 0.25) is 0 Å². The Kier molecular flexibility index (Phi) is 4.78. The van der Waals surface area contributed by atoms with E-state index in [0.29, 0.717) is 11.5 Å².